The second-order valence-corrected chi connectivity index (χ2v) is 4.25. The van der Waals surface area contributed by atoms with Crippen LogP contribution in [0.3, 0.4) is 0 Å². The average Bonchev–Trinajstić information content (AvgIpc) is 2.95. The van der Waals surface area contributed by atoms with Gasteiger partial charge in [-0.25, -0.2) is 4.79 Å². The minimum Gasteiger partial charge on any atom is -0.495 e. The Bertz CT molecular complexity index is 791. The van der Waals surface area contributed by atoms with Crippen molar-refractivity contribution >= 4 is 16.7 Å². The van der Waals surface area contributed by atoms with Crippen LogP contribution in [0.1, 0.15) is 10.5 Å². The van der Waals surface area contributed by atoms with Crippen molar-refractivity contribution in [2.75, 3.05) is 7.11 Å². The highest BCUT2D eigenvalue weighted by atomic mass is 16.5. The minimum absolute atomic E-state index is 0.129. The number of fused-ring (bicyclic) bond motifs is 1. The lowest BCUT2D eigenvalue weighted by atomic mass is 10.0. The van der Waals surface area contributed by atoms with Crippen LogP contribution in [0, 0.1) is 0 Å². The smallest absolute Gasteiger partial charge is 0.358 e. The molecule has 2 aromatic carbocycles. The average molecular weight is 269 g/mol. The quantitative estimate of drug-likeness (QED) is 0.790. The summed E-state index contributed by atoms with van der Waals surface area (Å²) in [5, 5.41) is 14.4. The Labute approximate surface area is 114 Å². The number of hydrogen-bond donors (Lipinski definition) is 1. The number of aromatic carboxylic acids is 1. The van der Waals surface area contributed by atoms with Crippen LogP contribution in [0.2, 0.25) is 0 Å². The van der Waals surface area contributed by atoms with Crippen LogP contribution in [-0.4, -0.2) is 23.3 Å². The fourth-order valence-corrected chi connectivity index (χ4v) is 2.16. The second kappa shape index (κ2) is 4.70. The molecule has 0 amide bonds. The van der Waals surface area contributed by atoms with Crippen molar-refractivity contribution in [3.05, 3.63) is 48.2 Å². The topological polar surface area (TPSA) is 72.6 Å². The van der Waals surface area contributed by atoms with Crippen LogP contribution < -0.4 is 4.74 Å². The third-order valence-corrected chi connectivity index (χ3v) is 3.08. The zero-order chi connectivity index (χ0) is 14.1. The molecule has 0 saturated carbocycles. The summed E-state index contributed by atoms with van der Waals surface area (Å²) in [6.45, 7) is 0. The molecule has 1 N–H and O–H groups in total. The highest BCUT2D eigenvalue weighted by Crippen LogP contribution is 2.36. The lowest BCUT2D eigenvalue weighted by Gasteiger charge is -2.09. The fourth-order valence-electron chi connectivity index (χ4n) is 2.16. The van der Waals surface area contributed by atoms with Crippen LogP contribution in [-0.2, 0) is 0 Å². The second-order valence-electron chi connectivity index (χ2n) is 4.25. The molecule has 5 nitrogen and oxygen atoms in total. The van der Waals surface area contributed by atoms with Crippen LogP contribution >= 0.6 is 0 Å². The number of carboxylic acid groups (broad SMARTS) is 1. The predicted octanol–water partition coefficient (Wildman–Crippen LogP) is 3.20. The summed E-state index contributed by atoms with van der Waals surface area (Å²) in [4.78, 5) is 10.9. The van der Waals surface area contributed by atoms with E-state index in [1.165, 1.54) is 6.07 Å². The Morgan fingerprint density at radius 2 is 2.05 bits per heavy atom. The first-order chi connectivity index (χ1) is 9.70. The van der Waals surface area contributed by atoms with Crippen molar-refractivity contribution in [1.29, 1.82) is 0 Å². The van der Waals surface area contributed by atoms with Gasteiger partial charge >= 0.3 is 5.97 Å². The SMILES string of the molecule is COc1c(-c2cc(C(=O)O)no2)ccc2ccccc12. The van der Waals surface area contributed by atoms with Gasteiger partial charge in [-0.1, -0.05) is 35.5 Å². The molecule has 0 atom stereocenters. The molecule has 20 heavy (non-hydrogen) atoms. The van der Waals surface area contributed by atoms with Gasteiger partial charge in [0.05, 0.1) is 12.7 Å². The molecule has 0 saturated heterocycles. The Morgan fingerprint density at radius 3 is 2.75 bits per heavy atom. The van der Waals surface area contributed by atoms with E-state index in [1.807, 2.05) is 36.4 Å². The molecule has 0 spiro atoms. The molecule has 0 aliphatic heterocycles. The Morgan fingerprint density at radius 1 is 1.25 bits per heavy atom. The first kappa shape index (κ1) is 12.2. The maximum atomic E-state index is 10.9. The normalized spacial score (nSPS) is 10.7. The van der Waals surface area contributed by atoms with Crippen LogP contribution in [0.4, 0.5) is 0 Å². The third kappa shape index (κ3) is 1.89. The summed E-state index contributed by atoms with van der Waals surface area (Å²) in [5.41, 5.74) is 0.543. The van der Waals surface area contributed by atoms with Crippen LogP contribution in [0.25, 0.3) is 22.1 Å². The van der Waals surface area contributed by atoms with Gasteiger partial charge in [-0.15, -0.1) is 0 Å². The van der Waals surface area contributed by atoms with Gasteiger partial charge in [0.15, 0.2) is 11.5 Å². The Kier molecular flexibility index (Phi) is 2.87. The van der Waals surface area contributed by atoms with Crippen LogP contribution in [0.5, 0.6) is 5.75 Å². The van der Waals surface area contributed by atoms with Crippen LogP contribution in [0.15, 0.2) is 47.0 Å². The predicted molar refractivity (Wildman–Crippen MR) is 73.0 cm³/mol. The van der Waals surface area contributed by atoms with Gasteiger partial charge < -0.3 is 14.4 Å². The van der Waals surface area contributed by atoms with E-state index in [0.29, 0.717) is 17.1 Å². The summed E-state index contributed by atoms with van der Waals surface area (Å²) < 4.78 is 10.5. The molecule has 0 bridgehead atoms. The monoisotopic (exact) mass is 269 g/mol. The number of ether oxygens (including phenoxy) is 1. The number of methoxy groups -OCH3 is 1. The molecule has 0 aliphatic rings. The van der Waals surface area contributed by atoms with E-state index in [4.69, 9.17) is 14.4 Å². The van der Waals surface area contributed by atoms with E-state index in [-0.39, 0.29) is 5.69 Å². The number of nitrogens with zero attached hydrogens (tertiary/aromatic N) is 1. The molecule has 3 aromatic rings. The molecule has 1 aromatic heterocycles. The number of rotatable bonds is 3. The van der Waals surface area contributed by atoms with E-state index < -0.39 is 5.97 Å². The number of benzene rings is 2. The van der Waals surface area contributed by atoms with Gasteiger partial charge in [-0.2, -0.15) is 0 Å². The van der Waals surface area contributed by atoms with Crippen molar-refractivity contribution in [3.63, 3.8) is 0 Å². The molecular formula is C15H11NO4. The van der Waals surface area contributed by atoms with E-state index in [9.17, 15) is 4.79 Å². The van der Waals surface area contributed by atoms with Gasteiger partial charge in [0.1, 0.15) is 5.75 Å². The number of aromatic nitrogens is 1. The molecule has 0 aliphatic carbocycles. The van der Waals surface area contributed by atoms with Crippen molar-refractivity contribution in [2.45, 2.75) is 0 Å². The zero-order valence-corrected chi connectivity index (χ0v) is 10.7. The fraction of sp³-hybridized carbons (Fsp3) is 0.0667. The molecule has 0 unspecified atom stereocenters. The molecule has 100 valence electrons. The Balaban J connectivity index is 2.22. The van der Waals surface area contributed by atoms with Gasteiger partial charge in [0.2, 0.25) is 0 Å². The summed E-state index contributed by atoms with van der Waals surface area (Å²) in [7, 11) is 1.57. The van der Waals surface area contributed by atoms with Gasteiger partial charge in [0.25, 0.3) is 0 Å². The van der Waals surface area contributed by atoms with E-state index in [1.54, 1.807) is 7.11 Å². The Hall–Kier alpha value is -2.82. The molecule has 3 rings (SSSR count). The van der Waals surface area contributed by atoms with Crippen molar-refractivity contribution in [3.8, 4) is 17.1 Å². The van der Waals surface area contributed by atoms with Crippen molar-refractivity contribution in [2.24, 2.45) is 0 Å². The minimum atomic E-state index is -1.13. The molecule has 0 fully saturated rings. The lowest BCUT2D eigenvalue weighted by molar-refractivity contribution is 0.0686. The van der Waals surface area contributed by atoms with Crippen molar-refractivity contribution < 1.29 is 19.2 Å². The van der Waals surface area contributed by atoms with Gasteiger partial charge in [0, 0.05) is 11.5 Å². The maximum Gasteiger partial charge on any atom is 0.358 e. The van der Waals surface area contributed by atoms with E-state index >= 15 is 0 Å². The number of hydrogen-bond acceptors (Lipinski definition) is 4. The molecule has 1 heterocycles. The van der Waals surface area contributed by atoms with Gasteiger partial charge in [-0.05, 0) is 11.5 Å². The first-order valence-electron chi connectivity index (χ1n) is 5.97. The van der Waals surface area contributed by atoms with Gasteiger partial charge in [-0.3, -0.25) is 0 Å². The summed E-state index contributed by atoms with van der Waals surface area (Å²) in [6, 6.07) is 12.9. The molecular weight excluding hydrogens is 258 g/mol. The summed E-state index contributed by atoms with van der Waals surface area (Å²) >= 11 is 0. The maximum absolute atomic E-state index is 10.9. The zero-order valence-electron chi connectivity index (χ0n) is 10.7. The third-order valence-electron chi connectivity index (χ3n) is 3.08. The highest BCUT2D eigenvalue weighted by Gasteiger charge is 2.17. The van der Waals surface area contributed by atoms with E-state index in [0.717, 1.165) is 10.8 Å². The van der Waals surface area contributed by atoms with E-state index in [2.05, 4.69) is 5.16 Å². The molecule has 0 radical (unpaired) electrons. The summed E-state index contributed by atoms with van der Waals surface area (Å²) in [6.07, 6.45) is 0. The first-order valence-corrected chi connectivity index (χ1v) is 5.97. The number of carbonyl (C=O) groups is 1. The lowest BCUT2D eigenvalue weighted by Crippen LogP contribution is -1.94. The largest absolute Gasteiger partial charge is 0.495 e. The standard InChI is InChI=1S/C15H11NO4/c1-19-14-10-5-3-2-4-9(10)6-7-11(14)13-8-12(15(17)18)16-20-13/h2-8H,1H3,(H,17,18). The summed E-state index contributed by atoms with van der Waals surface area (Å²) in [5.74, 6) is -0.124. The molecule has 5 heteroatoms. The highest BCUT2D eigenvalue weighted by molar-refractivity contribution is 5.95. The number of carboxylic acids is 1. The van der Waals surface area contributed by atoms with Crippen molar-refractivity contribution in [1.82, 2.24) is 5.16 Å².